The van der Waals surface area contributed by atoms with E-state index in [0.717, 1.165) is 46.6 Å². The molecule has 4 heterocycles. The third kappa shape index (κ3) is 13.0. The summed E-state index contributed by atoms with van der Waals surface area (Å²) >= 11 is 2.34. The fourth-order valence-electron chi connectivity index (χ4n) is 9.07. The summed E-state index contributed by atoms with van der Waals surface area (Å²) in [5.74, 6) is -1.65. The van der Waals surface area contributed by atoms with E-state index in [0.29, 0.717) is 128 Å². The van der Waals surface area contributed by atoms with Crippen LogP contribution in [0.4, 0.5) is 17.6 Å². The summed E-state index contributed by atoms with van der Waals surface area (Å²) in [6, 6.07) is 8.18. The summed E-state index contributed by atoms with van der Waals surface area (Å²) in [6.07, 6.45) is 7.69. The Morgan fingerprint density at radius 2 is 1.48 bits per heavy atom. The van der Waals surface area contributed by atoms with Gasteiger partial charge in [0.05, 0.1) is 18.0 Å². The van der Waals surface area contributed by atoms with Gasteiger partial charge in [0.2, 0.25) is 11.8 Å². The van der Waals surface area contributed by atoms with Crippen molar-refractivity contribution in [3.05, 3.63) is 111 Å². The minimum atomic E-state index is -0.897. The molecule has 3 aliphatic rings. The Balaban J connectivity index is 1.17. The van der Waals surface area contributed by atoms with Gasteiger partial charge in [-0.15, -0.1) is 0 Å². The van der Waals surface area contributed by atoms with Crippen molar-refractivity contribution < 1.29 is 31.8 Å². The molecule has 10 nitrogen and oxygen atoms in total. The predicted octanol–water partition coefficient (Wildman–Crippen LogP) is 9.11. The fourth-order valence-corrected chi connectivity index (χ4v) is 11.1. The van der Waals surface area contributed by atoms with Crippen LogP contribution in [0.3, 0.4) is 0 Å². The van der Waals surface area contributed by atoms with Gasteiger partial charge in [0.1, 0.15) is 6.04 Å². The number of carbonyl (C=O) groups is 1. The van der Waals surface area contributed by atoms with Gasteiger partial charge < -0.3 is 9.64 Å². The molecule has 0 saturated carbocycles. The van der Waals surface area contributed by atoms with E-state index in [1.54, 1.807) is 4.90 Å². The molecule has 1 unspecified atom stereocenters. The van der Waals surface area contributed by atoms with Crippen LogP contribution in [0.1, 0.15) is 101 Å². The number of aliphatic imine (C=N–C) groups is 2. The average Bonchev–Trinajstić information content (AvgIpc) is 4.07. The SMILES string of the molecule is C=C(N=C(OCC)[C@@H]1CCCN1C(=O)C[C@H](C)Cc1cc(F)c(F)cc1I)c1ccc(C2C[C@@H](C(=NC(=C)N3CCCC3)OCC)N(C(=N)C[C@H](C)Cc3cc(F)c(F)c[c]3[Tl])C2)cn1. The van der Waals surface area contributed by atoms with Crippen molar-refractivity contribution in [2.24, 2.45) is 21.8 Å². The molecule has 3 aromatic rings. The molecule has 5 atom stereocenters. The molecule has 1 aromatic heterocycles. The molecule has 2 aromatic carbocycles. The first-order valence-electron chi connectivity index (χ1n) is 22.6. The van der Waals surface area contributed by atoms with E-state index in [1.807, 2.05) is 68.6 Å². The zero-order valence-electron chi connectivity index (χ0n) is 37.8. The second-order valence-electron chi connectivity index (χ2n) is 17.4. The van der Waals surface area contributed by atoms with Crippen LogP contribution in [0.5, 0.6) is 0 Å². The zero-order valence-corrected chi connectivity index (χ0v) is 44.5. The monoisotopic (exact) mass is 1200 g/mol. The summed E-state index contributed by atoms with van der Waals surface area (Å²) in [5.41, 5.74) is 3.39. The third-order valence-corrected chi connectivity index (χ3v) is 15.5. The van der Waals surface area contributed by atoms with Gasteiger partial charge in [-0.05, 0) is 85.2 Å². The number of hydrogen-bond donors (Lipinski definition) is 1. The van der Waals surface area contributed by atoms with Crippen LogP contribution in [0.25, 0.3) is 5.70 Å². The Morgan fingerprint density at radius 1 is 0.862 bits per heavy atom. The minimum absolute atomic E-state index is 0.00675. The quantitative estimate of drug-likeness (QED) is 0.0361. The molecular formula is C49H59F4IN7O3Tl. The van der Waals surface area contributed by atoms with Crippen LogP contribution in [0.2, 0.25) is 0 Å². The van der Waals surface area contributed by atoms with E-state index in [-0.39, 0.29) is 42.2 Å². The van der Waals surface area contributed by atoms with Crippen LogP contribution in [0, 0.1) is 44.1 Å². The van der Waals surface area contributed by atoms with Crippen LogP contribution in [-0.2, 0) is 27.1 Å². The molecular weight excluding hydrogens is 1140 g/mol. The van der Waals surface area contributed by atoms with Crippen molar-refractivity contribution in [2.45, 2.75) is 103 Å². The molecule has 65 heavy (non-hydrogen) atoms. The molecule has 1 amide bonds. The van der Waals surface area contributed by atoms with E-state index in [9.17, 15) is 27.8 Å². The van der Waals surface area contributed by atoms with Gasteiger partial charge >= 0.3 is 209 Å². The van der Waals surface area contributed by atoms with E-state index >= 15 is 0 Å². The molecule has 0 aliphatic carbocycles. The number of likely N-dealkylation sites (tertiary alicyclic amines) is 3. The van der Waals surface area contributed by atoms with Crippen molar-refractivity contribution in [1.29, 1.82) is 5.41 Å². The molecule has 0 radical (unpaired) electrons. The number of hydrogen-bond acceptors (Lipinski definition) is 8. The van der Waals surface area contributed by atoms with Gasteiger partial charge in [-0.1, -0.05) is 13.5 Å². The van der Waals surface area contributed by atoms with Crippen molar-refractivity contribution >= 4 is 80.7 Å². The van der Waals surface area contributed by atoms with E-state index in [1.165, 1.54) is 24.3 Å². The number of halogens is 5. The Morgan fingerprint density at radius 3 is 2.14 bits per heavy atom. The average molecular weight is 1200 g/mol. The Labute approximate surface area is 410 Å². The molecule has 3 saturated heterocycles. The molecule has 1 N–H and O–H groups in total. The number of amides is 1. The standard InChI is InChI=1S/C49H59F4IN7O3.Tl/c1-7-63-48(44-12-11-19-60(44)47(62)23-31(4)21-36-25-40(52)41(53)27-42(36)54)57-32(5)43-16-14-35(28-56-43)37-26-45(49(64-8-2)58-33(6)59-17-9-10-18-59)61(29-37)46(55)22-30(3)20-34-13-15-38(50)39(51)24-34;/h14-16,24-25,27-28,30-31,37,44-45,55H,5-12,17-23,26,29H2,1-4H3;/t30-,31-,37?,44+,45+;/m1./s1. The molecule has 16 heteroatoms. The Kier molecular flexibility index (Phi) is 18.1. The second-order valence-corrected chi connectivity index (χ2v) is 21.0. The van der Waals surface area contributed by atoms with Crippen LogP contribution >= 0.6 is 22.6 Å². The van der Waals surface area contributed by atoms with E-state index in [2.05, 4.69) is 23.0 Å². The first-order chi connectivity index (χ1) is 31.1. The van der Waals surface area contributed by atoms with Gasteiger partial charge in [0.15, 0.2) is 11.6 Å². The summed E-state index contributed by atoms with van der Waals surface area (Å²) in [5, 5.41) is 9.43. The molecule has 3 fully saturated rings. The zero-order chi connectivity index (χ0) is 46.9. The first-order valence-corrected chi connectivity index (χ1v) is 25.9. The van der Waals surface area contributed by atoms with Crippen molar-refractivity contribution in [3.8, 4) is 0 Å². The van der Waals surface area contributed by atoms with E-state index < -0.39 is 23.3 Å². The number of ether oxygens (including phenoxy) is 2. The van der Waals surface area contributed by atoms with E-state index in [4.69, 9.17) is 24.4 Å². The summed E-state index contributed by atoms with van der Waals surface area (Å²) in [6.45, 7) is 19.9. The maximum absolute atomic E-state index is 14.2. The Hall–Kier alpha value is -3.88. The van der Waals surface area contributed by atoms with Crippen molar-refractivity contribution in [3.63, 3.8) is 0 Å². The molecule has 6 rings (SSSR count). The number of aromatic nitrogens is 1. The topological polar surface area (TPSA) is 107 Å². The van der Waals surface area contributed by atoms with Crippen LogP contribution in [-0.4, -0.2) is 120 Å². The summed E-state index contributed by atoms with van der Waals surface area (Å²) in [7, 11) is 0. The first kappa shape index (κ1) is 50.5. The van der Waals surface area contributed by atoms with Crippen LogP contribution in [0.15, 0.2) is 71.6 Å². The number of amidine groups is 1. The van der Waals surface area contributed by atoms with Gasteiger partial charge in [-0.25, -0.2) is 13.8 Å². The van der Waals surface area contributed by atoms with Gasteiger partial charge in [0, 0.05) is 29.6 Å². The Bertz CT molecular complexity index is 2290. The molecule has 3 aliphatic heterocycles. The number of benzene rings is 2. The normalized spacial score (nSPS) is 20.0. The van der Waals surface area contributed by atoms with Crippen molar-refractivity contribution in [1.82, 2.24) is 19.7 Å². The molecule has 346 valence electrons. The fraction of sp³-hybridized carbons (Fsp3) is 0.490. The molecule has 0 spiro atoms. The third-order valence-electron chi connectivity index (χ3n) is 12.4. The molecule has 0 bridgehead atoms. The van der Waals surface area contributed by atoms with Gasteiger partial charge in [-0.2, -0.15) is 0 Å². The number of nitrogens with zero attached hydrogens (tertiary/aromatic N) is 6. The summed E-state index contributed by atoms with van der Waals surface area (Å²) < 4.78 is 69.7. The number of carbonyl (C=O) groups excluding carboxylic acids is 1. The van der Waals surface area contributed by atoms with Crippen LogP contribution < -0.4 is 3.12 Å². The van der Waals surface area contributed by atoms with Gasteiger partial charge in [-0.3, -0.25) is 4.79 Å². The summed E-state index contributed by atoms with van der Waals surface area (Å²) in [4.78, 5) is 34.3. The second kappa shape index (κ2) is 23.2. The van der Waals surface area contributed by atoms with Gasteiger partial charge in [0.25, 0.3) is 0 Å². The maximum atomic E-state index is 14.2. The van der Waals surface area contributed by atoms with Crippen molar-refractivity contribution in [2.75, 3.05) is 39.4 Å². The number of pyridine rings is 1. The number of rotatable bonds is 17. The number of nitrogens with one attached hydrogen (secondary N) is 1. The predicted molar refractivity (Wildman–Crippen MR) is 257 cm³/mol.